The number of likely N-dealkylation sites (tertiary alicyclic amines) is 1. The summed E-state index contributed by atoms with van der Waals surface area (Å²) in [5.74, 6) is 0.0249. The number of amides is 1. The lowest BCUT2D eigenvalue weighted by Crippen LogP contribution is -3.11. The molecule has 0 aromatic heterocycles. The molecule has 1 aliphatic heterocycles. The van der Waals surface area contributed by atoms with Crippen LogP contribution in [0.25, 0.3) is 10.8 Å². The second-order valence-electron chi connectivity index (χ2n) is 7.51. The Bertz CT molecular complexity index is 939. The number of nitrogens with one attached hydrogen (secondary N) is 2. The molecule has 138 valence electrons. The molecular formula is C24H27N2O+. The highest BCUT2D eigenvalue weighted by molar-refractivity contribution is 5.95. The Kier molecular flexibility index (Phi) is 5.21. The van der Waals surface area contributed by atoms with Gasteiger partial charge in [-0.05, 0) is 29.3 Å². The first-order valence-electron chi connectivity index (χ1n) is 9.90. The molecule has 3 aromatic rings. The molecule has 27 heavy (non-hydrogen) atoms. The molecule has 3 nitrogen and oxygen atoms in total. The number of hydrogen-bond acceptors (Lipinski definition) is 1. The first-order chi connectivity index (χ1) is 13.2. The van der Waals surface area contributed by atoms with Gasteiger partial charge in [-0.3, -0.25) is 4.79 Å². The molecule has 3 aromatic carbocycles. The van der Waals surface area contributed by atoms with Crippen LogP contribution in [0.2, 0.25) is 0 Å². The fraction of sp³-hybridized carbons (Fsp3) is 0.292. The molecule has 1 saturated heterocycles. The van der Waals surface area contributed by atoms with Gasteiger partial charge in [-0.25, -0.2) is 0 Å². The van der Waals surface area contributed by atoms with E-state index in [2.05, 4.69) is 47.8 Å². The highest BCUT2D eigenvalue weighted by Gasteiger charge is 2.29. The molecule has 0 unspecified atom stereocenters. The zero-order valence-corrected chi connectivity index (χ0v) is 15.9. The molecule has 0 saturated carbocycles. The van der Waals surface area contributed by atoms with Gasteiger partial charge >= 0.3 is 0 Å². The third-order valence-electron chi connectivity index (χ3n) is 5.79. The number of quaternary nitrogens is 1. The van der Waals surface area contributed by atoms with Gasteiger partial charge in [0.1, 0.15) is 6.04 Å². The minimum atomic E-state index is 0.0249. The normalized spacial score (nSPS) is 15.7. The van der Waals surface area contributed by atoms with E-state index in [0.717, 1.165) is 11.1 Å². The van der Waals surface area contributed by atoms with Gasteiger partial charge in [0.25, 0.3) is 5.91 Å². The summed E-state index contributed by atoms with van der Waals surface area (Å²) in [5.41, 5.74) is 3.13. The van der Waals surface area contributed by atoms with Crippen LogP contribution in [-0.2, 0) is 0 Å². The van der Waals surface area contributed by atoms with E-state index in [1.807, 2.05) is 31.2 Å². The van der Waals surface area contributed by atoms with Crippen molar-refractivity contribution in [2.45, 2.75) is 25.8 Å². The number of carbonyl (C=O) groups excluding carboxylic acids is 1. The maximum Gasteiger partial charge on any atom is 0.251 e. The van der Waals surface area contributed by atoms with Crippen LogP contribution >= 0.6 is 0 Å². The SMILES string of the molecule is Cc1ccccc1C(=O)NC[C@@H](c1cccc2ccccc12)[NH+]1CCCC1. The summed E-state index contributed by atoms with van der Waals surface area (Å²) in [6.07, 6.45) is 2.53. The largest absolute Gasteiger partial charge is 0.346 e. The maximum absolute atomic E-state index is 12.8. The molecule has 3 heteroatoms. The summed E-state index contributed by atoms with van der Waals surface area (Å²) in [7, 11) is 0. The van der Waals surface area contributed by atoms with E-state index in [4.69, 9.17) is 0 Å². The zero-order valence-electron chi connectivity index (χ0n) is 15.9. The monoisotopic (exact) mass is 359 g/mol. The molecule has 1 atom stereocenters. The quantitative estimate of drug-likeness (QED) is 0.720. The number of fused-ring (bicyclic) bond motifs is 1. The lowest BCUT2D eigenvalue weighted by molar-refractivity contribution is -0.918. The van der Waals surface area contributed by atoms with Crippen LogP contribution in [0.4, 0.5) is 0 Å². The van der Waals surface area contributed by atoms with Crippen LogP contribution in [0.1, 0.15) is 40.4 Å². The fourth-order valence-corrected chi connectivity index (χ4v) is 4.32. The fourth-order valence-electron chi connectivity index (χ4n) is 4.32. The second kappa shape index (κ2) is 7.93. The first-order valence-corrected chi connectivity index (χ1v) is 9.90. The van der Waals surface area contributed by atoms with Gasteiger partial charge in [-0.1, -0.05) is 60.7 Å². The standard InChI is InChI=1S/C24H26N2O/c1-18-9-2-4-12-20(18)24(27)25-17-23(26-15-6-7-16-26)22-14-8-11-19-10-3-5-13-21(19)22/h2-5,8-14,23H,6-7,15-17H2,1H3,(H,25,27)/p+1/t23-/m0/s1. The van der Waals surface area contributed by atoms with Crippen LogP contribution in [0.15, 0.2) is 66.7 Å². The van der Waals surface area contributed by atoms with Gasteiger partial charge in [0.05, 0.1) is 19.6 Å². The molecule has 0 bridgehead atoms. The Hall–Kier alpha value is -2.65. The lowest BCUT2D eigenvalue weighted by Gasteiger charge is -2.26. The van der Waals surface area contributed by atoms with Crippen molar-refractivity contribution in [3.8, 4) is 0 Å². The van der Waals surface area contributed by atoms with E-state index >= 15 is 0 Å². The van der Waals surface area contributed by atoms with Crippen molar-refractivity contribution >= 4 is 16.7 Å². The third-order valence-corrected chi connectivity index (χ3v) is 5.79. The topological polar surface area (TPSA) is 33.5 Å². The van der Waals surface area contributed by atoms with Crippen LogP contribution in [0, 0.1) is 6.92 Å². The molecule has 4 rings (SSSR count). The zero-order chi connectivity index (χ0) is 18.6. The van der Waals surface area contributed by atoms with Crippen molar-refractivity contribution in [3.63, 3.8) is 0 Å². The van der Waals surface area contributed by atoms with Crippen LogP contribution in [0.3, 0.4) is 0 Å². The van der Waals surface area contributed by atoms with E-state index < -0.39 is 0 Å². The summed E-state index contributed by atoms with van der Waals surface area (Å²) in [6.45, 7) is 5.00. The summed E-state index contributed by atoms with van der Waals surface area (Å²) in [5, 5.41) is 5.79. The Morgan fingerprint density at radius 2 is 1.67 bits per heavy atom. The molecule has 0 aliphatic carbocycles. The van der Waals surface area contributed by atoms with E-state index in [1.54, 1.807) is 4.90 Å². The predicted molar refractivity (Wildman–Crippen MR) is 110 cm³/mol. The molecular weight excluding hydrogens is 332 g/mol. The van der Waals surface area contributed by atoms with Crippen LogP contribution < -0.4 is 10.2 Å². The van der Waals surface area contributed by atoms with Gasteiger partial charge in [0.2, 0.25) is 0 Å². The summed E-state index contributed by atoms with van der Waals surface area (Å²) in [4.78, 5) is 14.3. The Morgan fingerprint density at radius 1 is 0.963 bits per heavy atom. The molecule has 1 aliphatic rings. The Labute approximate surface area is 161 Å². The Morgan fingerprint density at radius 3 is 2.48 bits per heavy atom. The summed E-state index contributed by atoms with van der Waals surface area (Å²) >= 11 is 0. The number of benzene rings is 3. The molecule has 2 N–H and O–H groups in total. The number of hydrogen-bond donors (Lipinski definition) is 2. The van der Waals surface area contributed by atoms with Gasteiger partial charge < -0.3 is 10.2 Å². The van der Waals surface area contributed by atoms with E-state index in [1.165, 1.54) is 42.3 Å². The van der Waals surface area contributed by atoms with Crippen molar-refractivity contribution < 1.29 is 9.69 Å². The maximum atomic E-state index is 12.8. The smallest absolute Gasteiger partial charge is 0.251 e. The van der Waals surface area contributed by atoms with Crippen molar-refractivity contribution in [1.82, 2.24) is 5.32 Å². The van der Waals surface area contributed by atoms with Gasteiger partial charge in [0.15, 0.2) is 0 Å². The minimum Gasteiger partial charge on any atom is -0.346 e. The van der Waals surface area contributed by atoms with Crippen molar-refractivity contribution in [3.05, 3.63) is 83.4 Å². The summed E-state index contributed by atoms with van der Waals surface area (Å²) < 4.78 is 0. The Balaban J connectivity index is 1.62. The lowest BCUT2D eigenvalue weighted by atomic mass is 9.97. The second-order valence-corrected chi connectivity index (χ2v) is 7.51. The highest BCUT2D eigenvalue weighted by atomic mass is 16.1. The van der Waals surface area contributed by atoms with Gasteiger partial charge in [-0.2, -0.15) is 0 Å². The van der Waals surface area contributed by atoms with Gasteiger partial charge in [-0.15, -0.1) is 0 Å². The predicted octanol–water partition coefficient (Wildman–Crippen LogP) is 3.30. The van der Waals surface area contributed by atoms with Crippen molar-refractivity contribution in [2.24, 2.45) is 0 Å². The number of carbonyl (C=O) groups is 1. The first kappa shape index (κ1) is 17.7. The third kappa shape index (κ3) is 3.74. The van der Waals surface area contributed by atoms with Gasteiger partial charge in [0, 0.05) is 24.0 Å². The highest BCUT2D eigenvalue weighted by Crippen LogP contribution is 2.23. The van der Waals surface area contributed by atoms with E-state index in [-0.39, 0.29) is 11.9 Å². The molecule has 0 radical (unpaired) electrons. The van der Waals surface area contributed by atoms with E-state index in [9.17, 15) is 4.79 Å². The van der Waals surface area contributed by atoms with Crippen molar-refractivity contribution in [1.29, 1.82) is 0 Å². The number of rotatable bonds is 5. The van der Waals surface area contributed by atoms with E-state index in [0.29, 0.717) is 6.54 Å². The molecule has 1 heterocycles. The summed E-state index contributed by atoms with van der Waals surface area (Å²) in [6, 6.07) is 23.2. The molecule has 1 amide bonds. The molecule has 1 fully saturated rings. The van der Waals surface area contributed by atoms with Crippen LogP contribution in [-0.4, -0.2) is 25.5 Å². The average molecular weight is 359 g/mol. The van der Waals surface area contributed by atoms with Crippen molar-refractivity contribution in [2.75, 3.05) is 19.6 Å². The molecule has 0 spiro atoms. The average Bonchev–Trinajstić information content (AvgIpc) is 3.23. The number of aryl methyl sites for hydroxylation is 1. The minimum absolute atomic E-state index is 0.0249. The van der Waals surface area contributed by atoms with Crippen LogP contribution in [0.5, 0.6) is 0 Å².